The van der Waals surface area contributed by atoms with E-state index in [1.165, 1.54) is 4.90 Å². The van der Waals surface area contributed by atoms with E-state index in [1.54, 1.807) is 44.4 Å². The van der Waals surface area contributed by atoms with E-state index in [-0.39, 0.29) is 23.3 Å². The summed E-state index contributed by atoms with van der Waals surface area (Å²) in [6, 6.07) is 14.3. The topological polar surface area (TPSA) is 61.4 Å². The molecule has 0 aliphatic heterocycles. The van der Waals surface area contributed by atoms with Crippen LogP contribution in [0.2, 0.25) is 5.02 Å². The molecule has 2 aromatic rings. The lowest BCUT2D eigenvalue weighted by molar-refractivity contribution is -0.119. The normalized spacial score (nSPS) is 10.1. The summed E-state index contributed by atoms with van der Waals surface area (Å²) >= 11 is 11.2. The third kappa shape index (κ3) is 5.82. The fourth-order valence-corrected chi connectivity index (χ4v) is 2.72. The van der Waals surface area contributed by atoms with Gasteiger partial charge in [-0.25, -0.2) is 0 Å². The Morgan fingerprint density at radius 2 is 1.73 bits per heavy atom. The van der Waals surface area contributed by atoms with Gasteiger partial charge in [-0.3, -0.25) is 9.59 Å². The Labute approximate surface area is 163 Å². The SMILES string of the molecule is CN(C)C(=O)c1ccc(NC(=S)NC(=O)CCc2ccccc2Cl)cc1. The number of nitrogens with zero attached hydrogens (tertiary/aromatic N) is 1. The molecule has 2 rings (SSSR count). The maximum Gasteiger partial charge on any atom is 0.253 e. The molecule has 0 aliphatic rings. The lowest BCUT2D eigenvalue weighted by atomic mass is 10.1. The molecular weight excluding hydrogens is 370 g/mol. The van der Waals surface area contributed by atoms with Crippen molar-refractivity contribution in [3.8, 4) is 0 Å². The largest absolute Gasteiger partial charge is 0.345 e. The molecule has 0 aromatic heterocycles. The average molecular weight is 390 g/mol. The van der Waals surface area contributed by atoms with Gasteiger partial charge in [-0.2, -0.15) is 0 Å². The van der Waals surface area contributed by atoms with Gasteiger partial charge < -0.3 is 15.5 Å². The predicted octanol–water partition coefficient (Wildman–Crippen LogP) is 3.49. The van der Waals surface area contributed by atoms with Crippen LogP contribution < -0.4 is 10.6 Å². The second-order valence-corrected chi connectivity index (χ2v) is 6.69. The van der Waals surface area contributed by atoms with Crippen LogP contribution in [-0.4, -0.2) is 35.9 Å². The van der Waals surface area contributed by atoms with Gasteiger partial charge in [0.2, 0.25) is 5.91 Å². The first-order valence-corrected chi connectivity index (χ1v) is 8.81. The number of carbonyl (C=O) groups is 2. The van der Waals surface area contributed by atoms with Gasteiger partial charge in [-0.05, 0) is 54.5 Å². The van der Waals surface area contributed by atoms with Crippen LogP contribution in [0.5, 0.6) is 0 Å². The van der Waals surface area contributed by atoms with E-state index in [2.05, 4.69) is 10.6 Å². The number of aryl methyl sites for hydroxylation is 1. The monoisotopic (exact) mass is 389 g/mol. The molecule has 0 unspecified atom stereocenters. The first-order valence-electron chi connectivity index (χ1n) is 8.03. The van der Waals surface area contributed by atoms with Crippen molar-refractivity contribution < 1.29 is 9.59 Å². The molecular formula is C19H20ClN3O2S. The van der Waals surface area contributed by atoms with Crippen LogP contribution in [0.15, 0.2) is 48.5 Å². The summed E-state index contributed by atoms with van der Waals surface area (Å²) in [6.45, 7) is 0. The molecule has 0 spiro atoms. The zero-order valence-electron chi connectivity index (χ0n) is 14.6. The number of hydrogen-bond donors (Lipinski definition) is 2. The Balaban J connectivity index is 1.83. The Morgan fingerprint density at radius 3 is 2.35 bits per heavy atom. The van der Waals surface area contributed by atoms with Gasteiger partial charge in [-0.1, -0.05) is 29.8 Å². The number of amides is 2. The Morgan fingerprint density at radius 1 is 1.08 bits per heavy atom. The highest BCUT2D eigenvalue weighted by atomic mass is 35.5. The summed E-state index contributed by atoms with van der Waals surface area (Å²) in [5, 5.41) is 6.42. The number of anilines is 1. The number of carbonyl (C=O) groups excluding carboxylic acids is 2. The fourth-order valence-electron chi connectivity index (χ4n) is 2.26. The van der Waals surface area contributed by atoms with Gasteiger partial charge in [0, 0.05) is 36.8 Å². The van der Waals surface area contributed by atoms with Crippen molar-refractivity contribution in [3.05, 3.63) is 64.7 Å². The van der Waals surface area contributed by atoms with Crippen LogP contribution >= 0.6 is 23.8 Å². The highest BCUT2D eigenvalue weighted by Crippen LogP contribution is 2.16. The molecule has 0 radical (unpaired) electrons. The predicted molar refractivity (Wildman–Crippen MR) is 109 cm³/mol. The molecule has 0 atom stereocenters. The Kier molecular flexibility index (Phi) is 7.12. The second-order valence-electron chi connectivity index (χ2n) is 5.87. The highest BCUT2D eigenvalue weighted by molar-refractivity contribution is 7.80. The van der Waals surface area contributed by atoms with Crippen LogP contribution in [0.3, 0.4) is 0 Å². The molecule has 2 aromatic carbocycles. The summed E-state index contributed by atoms with van der Waals surface area (Å²) in [4.78, 5) is 25.4. The molecule has 2 N–H and O–H groups in total. The highest BCUT2D eigenvalue weighted by Gasteiger charge is 2.09. The molecule has 0 aliphatic carbocycles. The second kappa shape index (κ2) is 9.31. The molecule has 136 valence electrons. The minimum absolute atomic E-state index is 0.0768. The number of halogens is 1. The minimum Gasteiger partial charge on any atom is -0.345 e. The quantitative estimate of drug-likeness (QED) is 0.768. The number of nitrogens with one attached hydrogen (secondary N) is 2. The third-order valence-electron chi connectivity index (χ3n) is 3.63. The van der Waals surface area contributed by atoms with Gasteiger partial charge in [-0.15, -0.1) is 0 Å². The summed E-state index contributed by atoms with van der Waals surface area (Å²) in [6.07, 6.45) is 0.817. The van der Waals surface area contributed by atoms with Crippen LogP contribution in [-0.2, 0) is 11.2 Å². The first-order chi connectivity index (χ1) is 12.4. The molecule has 26 heavy (non-hydrogen) atoms. The zero-order chi connectivity index (χ0) is 19.1. The van der Waals surface area contributed by atoms with Crippen molar-refractivity contribution in [1.29, 1.82) is 0 Å². The molecule has 0 saturated carbocycles. The van der Waals surface area contributed by atoms with Crippen LogP contribution in [0.25, 0.3) is 0 Å². The standard InChI is InChI=1S/C19H20ClN3O2S/c1-23(2)18(25)14-7-10-15(11-8-14)21-19(26)22-17(24)12-9-13-5-3-4-6-16(13)20/h3-8,10-11H,9,12H2,1-2H3,(H2,21,22,24,26). The zero-order valence-corrected chi connectivity index (χ0v) is 16.2. The van der Waals surface area contributed by atoms with E-state index >= 15 is 0 Å². The van der Waals surface area contributed by atoms with Crippen molar-refractivity contribution in [2.24, 2.45) is 0 Å². The molecule has 2 amide bonds. The summed E-state index contributed by atoms with van der Waals surface area (Å²) in [7, 11) is 3.39. The fraction of sp³-hybridized carbons (Fsp3) is 0.211. The number of benzene rings is 2. The lowest BCUT2D eigenvalue weighted by Gasteiger charge is -2.12. The van der Waals surface area contributed by atoms with Gasteiger partial charge in [0.25, 0.3) is 5.91 Å². The van der Waals surface area contributed by atoms with Crippen molar-refractivity contribution in [2.45, 2.75) is 12.8 Å². The molecule has 0 saturated heterocycles. The molecule has 0 fully saturated rings. The molecule has 5 nitrogen and oxygen atoms in total. The van der Waals surface area contributed by atoms with E-state index in [9.17, 15) is 9.59 Å². The molecule has 0 bridgehead atoms. The van der Waals surface area contributed by atoms with E-state index in [0.717, 1.165) is 5.56 Å². The molecule has 7 heteroatoms. The van der Waals surface area contributed by atoms with Crippen LogP contribution in [0, 0.1) is 0 Å². The molecule has 0 heterocycles. The lowest BCUT2D eigenvalue weighted by Crippen LogP contribution is -2.34. The smallest absolute Gasteiger partial charge is 0.253 e. The summed E-state index contributed by atoms with van der Waals surface area (Å²) in [5.74, 6) is -0.270. The van der Waals surface area contributed by atoms with Crippen molar-refractivity contribution in [3.63, 3.8) is 0 Å². The number of hydrogen-bond acceptors (Lipinski definition) is 3. The van der Waals surface area contributed by atoms with E-state index in [4.69, 9.17) is 23.8 Å². The van der Waals surface area contributed by atoms with Gasteiger partial charge in [0.15, 0.2) is 5.11 Å². The van der Waals surface area contributed by atoms with E-state index < -0.39 is 0 Å². The Bertz CT molecular complexity index is 807. The van der Waals surface area contributed by atoms with Crippen LogP contribution in [0.1, 0.15) is 22.3 Å². The average Bonchev–Trinajstić information content (AvgIpc) is 2.61. The summed E-state index contributed by atoms with van der Waals surface area (Å²) < 4.78 is 0. The number of thiocarbonyl (C=S) groups is 1. The van der Waals surface area contributed by atoms with E-state index in [0.29, 0.717) is 22.7 Å². The van der Waals surface area contributed by atoms with Crippen molar-refractivity contribution >= 4 is 46.4 Å². The van der Waals surface area contributed by atoms with Crippen molar-refractivity contribution in [2.75, 3.05) is 19.4 Å². The third-order valence-corrected chi connectivity index (χ3v) is 4.20. The van der Waals surface area contributed by atoms with Crippen LogP contribution in [0.4, 0.5) is 5.69 Å². The van der Waals surface area contributed by atoms with Gasteiger partial charge in [0.05, 0.1) is 0 Å². The summed E-state index contributed by atoms with van der Waals surface area (Å²) in [5.41, 5.74) is 2.19. The van der Waals surface area contributed by atoms with E-state index in [1.807, 2.05) is 18.2 Å². The maximum atomic E-state index is 12.0. The maximum absolute atomic E-state index is 12.0. The van der Waals surface area contributed by atoms with Crippen molar-refractivity contribution in [1.82, 2.24) is 10.2 Å². The van der Waals surface area contributed by atoms with Gasteiger partial charge in [0.1, 0.15) is 0 Å². The number of rotatable bonds is 5. The van der Waals surface area contributed by atoms with Gasteiger partial charge >= 0.3 is 0 Å². The Hall–Kier alpha value is -2.44. The first kappa shape index (κ1) is 19.9. The minimum atomic E-state index is -0.193.